The Labute approximate surface area is 104 Å². The Morgan fingerprint density at radius 3 is 2.56 bits per heavy atom. The molecular formula is C10H14Cl2O4. The highest BCUT2D eigenvalue weighted by molar-refractivity contribution is 6.55. The van der Waals surface area contributed by atoms with Crippen LogP contribution in [0.2, 0.25) is 0 Å². The lowest BCUT2D eigenvalue weighted by molar-refractivity contribution is -0.210. The van der Waals surface area contributed by atoms with Gasteiger partial charge in [-0.15, -0.1) is 0 Å². The van der Waals surface area contributed by atoms with E-state index in [0.29, 0.717) is 0 Å². The first-order chi connectivity index (χ1) is 7.43. The second-order valence-electron chi connectivity index (χ2n) is 4.23. The van der Waals surface area contributed by atoms with Crippen molar-refractivity contribution < 1.29 is 18.9 Å². The lowest BCUT2D eigenvalue weighted by Crippen LogP contribution is -2.35. The van der Waals surface area contributed by atoms with Gasteiger partial charge in [0.05, 0.1) is 0 Å². The number of ether oxygens (including phenoxy) is 4. The first-order valence-electron chi connectivity index (χ1n) is 4.99. The predicted octanol–water partition coefficient (Wildman–Crippen LogP) is 2.20. The Hall–Kier alpha value is 0.160. The van der Waals surface area contributed by atoms with E-state index in [9.17, 15) is 0 Å². The van der Waals surface area contributed by atoms with E-state index in [2.05, 4.69) is 0 Å². The Bertz CT molecular complexity index is 301. The largest absolute Gasteiger partial charge is 0.375 e. The molecule has 4 atom stereocenters. The van der Waals surface area contributed by atoms with Crippen LogP contribution in [0.3, 0.4) is 0 Å². The van der Waals surface area contributed by atoms with E-state index in [4.69, 9.17) is 42.1 Å². The summed E-state index contributed by atoms with van der Waals surface area (Å²) < 4.78 is 22.4. The second-order valence-corrected chi connectivity index (χ2v) is 5.23. The Kier molecular flexibility index (Phi) is 3.50. The van der Waals surface area contributed by atoms with E-state index in [1.54, 1.807) is 13.2 Å². The number of fused-ring (bicyclic) bond motifs is 1. The smallest absolute Gasteiger partial charge is 0.190 e. The summed E-state index contributed by atoms with van der Waals surface area (Å²) in [6.45, 7) is 3.67. The molecule has 92 valence electrons. The highest BCUT2D eigenvalue weighted by Crippen LogP contribution is 2.39. The quantitative estimate of drug-likeness (QED) is 0.770. The Balaban J connectivity index is 2.13. The maximum Gasteiger partial charge on any atom is 0.190 e. The fourth-order valence-electron chi connectivity index (χ4n) is 2.03. The van der Waals surface area contributed by atoms with E-state index in [1.807, 2.05) is 13.8 Å². The first kappa shape index (κ1) is 12.6. The van der Waals surface area contributed by atoms with E-state index in [-0.39, 0.29) is 22.8 Å². The highest BCUT2D eigenvalue weighted by Gasteiger charge is 2.54. The molecule has 4 nitrogen and oxygen atoms in total. The van der Waals surface area contributed by atoms with Gasteiger partial charge in [-0.3, -0.25) is 0 Å². The van der Waals surface area contributed by atoms with Crippen molar-refractivity contribution in [3.63, 3.8) is 0 Å². The van der Waals surface area contributed by atoms with Gasteiger partial charge in [0, 0.05) is 7.11 Å². The predicted molar refractivity (Wildman–Crippen MR) is 59.3 cm³/mol. The zero-order chi connectivity index (χ0) is 11.9. The molecule has 0 unspecified atom stereocenters. The Morgan fingerprint density at radius 1 is 1.31 bits per heavy atom. The average molecular weight is 269 g/mol. The monoisotopic (exact) mass is 268 g/mol. The molecule has 2 heterocycles. The van der Waals surface area contributed by atoms with Gasteiger partial charge in [-0.1, -0.05) is 23.2 Å². The molecule has 2 aliphatic rings. The van der Waals surface area contributed by atoms with Crippen LogP contribution >= 0.6 is 23.2 Å². The molecule has 0 aromatic rings. The molecule has 0 aromatic carbocycles. The molecule has 0 radical (unpaired) electrons. The van der Waals surface area contributed by atoms with Crippen molar-refractivity contribution in [3.8, 4) is 0 Å². The van der Waals surface area contributed by atoms with E-state index in [0.717, 1.165) is 0 Å². The van der Waals surface area contributed by atoms with Crippen LogP contribution in [0, 0.1) is 0 Å². The van der Waals surface area contributed by atoms with Crippen LogP contribution < -0.4 is 0 Å². The Morgan fingerprint density at radius 2 is 2.00 bits per heavy atom. The third-order valence-corrected chi connectivity index (χ3v) is 2.84. The summed E-state index contributed by atoms with van der Waals surface area (Å²) >= 11 is 11.2. The van der Waals surface area contributed by atoms with Gasteiger partial charge in [0.1, 0.15) is 22.8 Å². The van der Waals surface area contributed by atoms with Gasteiger partial charge in [0.25, 0.3) is 0 Å². The molecule has 6 heteroatoms. The summed E-state index contributed by atoms with van der Waals surface area (Å²) in [6.07, 6.45) is 0.276. The van der Waals surface area contributed by atoms with Gasteiger partial charge < -0.3 is 18.9 Å². The van der Waals surface area contributed by atoms with Gasteiger partial charge in [-0.25, -0.2) is 0 Å². The fourth-order valence-corrected chi connectivity index (χ4v) is 2.28. The zero-order valence-electron chi connectivity index (χ0n) is 9.28. The maximum absolute atomic E-state index is 5.70. The number of hydrogen-bond donors (Lipinski definition) is 0. The van der Waals surface area contributed by atoms with Gasteiger partial charge >= 0.3 is 0 Å². The molecule has 2 fully saturated rings. The SMILES string of the molecule is CO[C@H]1[C@H]2OC(C)(C)O[C@H]2O[C@@H]1C=C(Cl)Cl. The summed E-state index contributed by atoms with van der Waals surface area (Å²) in [5.74, 6) is -0.647. The van der Waals surface area contributed by atoms with Gasteiger partial charge in [0.2, 0.25) is 0 Å². The molecule has 0 aliphatic carbocycles. The maximum atomic E-state index is 5.70. The standard InChI is InChI=1S/C10H14Cl2O4/c1-10(2)15-8-7(13-3)5(4-6(11)12)14-9(8)16-10/h4-5,7-9H,1-3H3/t5-,7-,8-,9-/m1/s1. The van der Waals surface area contributed by atoms with Gasteiger partial charge in [-0.05, 0) is 19.9 Å². The molecule has 0 saturated carbocycles. The van der Waals surface area contributed by atoms with Crippen LogP contribution in [-0.4, -0.2) is 37.5 Å². The molecule has 16 heavy (non-hydrogen) atoms. The first-order valence-corrected chi connectivity index (χ1v) is 5.75. The van der Waals surface area contributed by atoms with Gasteiger partial charge in [-0.2, -0.15) is 0 Å². The minimum absolute atomic E-state index is 0.145. The van der Waals surface area contributed by atoms with Crippen LogP contribution in [0.4, 0.5) is 0 Å². The zero-order valence-corrected chi connectivity index (χ0v) is 10.8. The van der Waals surface area contributed by atoms with E-state index < -0.39 is 12.1 Å². The van der Waals surface area contributed by atoms with Crippen molar-refractivity contribution in [2.45, 2.75) is 44.2 Å². The lowest BCUT2D eigenvalue weighted by atomic mass is 10.1. The second kappa shape index (κ2) is 4.44. The van der Waals surface area contributed by atoms with Crippen molar-refractivity contribution in [2.75, 3.05) is 7.11 Å². The van der Waals surface area contributed by atoms with Gasteiger partial charge in [0.15, 0.2) is 12.1 Å². The molecule has 2 rings (SSSR count). The highest BCUT2D eigenvalue weighted by atomic mass is 35.5. The lowest BCUT2D eigenvalue weighted by Gasteiger charge is -2.23. The van der Waals surface area contributed by atoms with E-state index in [1.165, 1.54) is 0 Å². The van der Waals surface area contributed by atoms with E-state index >= 15 is 0 Å². The van der Waals surface area contributed by atoms with Crippen molar-refractivity contribution in [1.29, 1.82) is 0 Å². The number of rotatable bonds is 2. The minimum Gasteiger partial charge on any atom is -0.375 e. The summed E-state index contributed by atoms with van der Waals surface area (Å²) in [5.41, 5.74) is 0. The molecule has 0 spiro atoms. The summed E-state index contributed by atoms with van der Waals surface area (Å²) in [7, 11) is 1.59. The average Bonchev–Trinajstić information content (AvgIpc) is 2.54. The summed E-state index contributed by atoms with van der Waals surface area (Å²) in [5, 5.41) is 0. The van der Waals surface area contributed by atoms with Crippen LogP contribution in [-0.2, 0) is 18.9 Å². The van der Waals surface area contributed by atoms with Crippen LogP contribution in [0.5, 0.6) is 0 Å². The van der Waals surface area contributed by atoms with Crippen molar-refractivity contribution in [3.05, 3.63) is 10.6 Å². The topological polar surface area (TPSA) is 36.9 Å². The molecule has 0 bridgehead atoms. The van der Waals surface area contributed by atoms with Crippen molar-refractivity contribution >= 4 is 23.2 Å². The van der Waals surface area contributed by atoms with Crippen molar-refractivity contribution in [1.82, 2.24) is 0 Å². The molecule has 0 aromatic heterocycles. The molecule has 0 N–H and O–H groups in total. The number of hydrogen-bond acceptors (Lipinski definition) is 4. The van der Waals surface area contributed by atoms with Crippen LogP contribution in [0.25, 0.3) is 0 Å². The fraction of sp³-hybridized carbons (Fsp3) is 0.800. The molecule has 0 amide bonds. The minimum atomic E-state index is -0.647. The third-order valence-electron chi connectivity index (χ3n) is 2.59. The molecular weight excluding hydrogens is 255 g/mol. The summed E-state index contributed by atoms with van der Waals surface area (Å²) in [6, 6.07) is 0. The molecule has 2 aliphatic heterocycles. The number of methoxy groups -OCH3 is 1. The normalized spacial score (nSPS) is 40.8. The number of halogens is 2. The molecule has 2 saturated heterocycles. The van der Waals surface area contributed by atoms with Crippen LogP contribution in [0.15, 0.2) is 10.6 Å². The van der Waals surface area contributed by atoms with Crippen molar-refractivity contribution in [2.24, 2.45) is 0 Å². The third kappa shape index (κ3) is 2.37. The summed E-state index contributed by atoms with van der Waals surface area (Å²) in [4.78, 5) is 0. The van der Waals surface area contributed by atoms with Crippen LogP contribution in [0.1, 0.15) is 13.8 Å².